The van der Waals surface area contributed by atoms with Gasteiger partial charge in [0.05, 0.1) is 18.0 Å². The monoisotopic (exact) mass is 399 g/mol. The number of fused-ring (bicyclic) bond motifs is 1. The van der Waals surface area contributed by atoms with E-state index < -0.39 is 11.9 Å². The summed E-state index contributed by atoms with van der Waals surface area (Å²) >= 11 is 1.44. The molecule has 0 bridgehead atoms. The van der Waals surface area contributed by atoms with E-state index in [1.54, 1.807) is 0 Å². The van der Waals surface area contributed by atoms with E-state index in [-0.39, 0.29) is 18.2 Å². The van der Waals surface area contributed by atoms with Gasteiger partial charge in [0.25, 0.3) is 5.91 Å². The van der Waals surface area contributed by atoms with E-state index in [1.807, 2.05) is 30.3 Å². The van der Waals surface area contributed by atoms with Crippen LogP contribution in [0.3, 0.4) is 0 Å². The summed E-state index contributed by atoms with van der Waals surface area (Å²) in [4.78, 5) is 37.5. The molecule has 2 atom stereocenters. The first-order chi connectivity index (χ1) is 13.3. The van der Waals surface area contributed by atoms with E-state index in [0.29, 0.717) is 16.5 Å². The van der Waals surface area contributed by atoms with Gasteiger partial charge in [0.15, 0.2) is 0 Å². The van der Waals surface area contributed by atoms with Crippen LogP contribution < -0.4 is 16.4 Å². The van der Waals surface area contributed by atoms with Crippen molar-refractivity contribution in [3.63, 3.8) is 0 Å². The molecule has 0 radical (unpaired) electrons. The molecule has 1 aliphatic carbocycles. The Bertz CT molecular complexity index is 892. The lowest BCUT2D eigenvalue weighted by atomic mass is 9.88. The second-order valence-corrected chi connectivity index (χ2v) is 8.44. The Balaban J connectivity index is 1.80. The molecule has 7 heteroatoms. The molecule has 0 saturated carbocycles. The van der Waals surface area contributed by atoms with Crippen molar-refractivity contribution < 1.29 is 14.4 Å². The summed E-state index contributed by atoms with van der Waals surface area (Å²) < 4.78 is 0. The number of benzene rings is 1. The Kier molecular flexibility index (Phi) is 6.14. The van der Waals surface area contributed by atoms with E-state index in [9.17, 15) is 14.4 Å². The molecule has 148 valence electrons. The standard InChI is InChI=1S/C21H25N3O3S/c1-12-8-9-15-17(10-12)28-21(19(15)20(22)27)24-18(26)11-16(23-13(2)25)14-6-4-3-5-7-14/h3-7,12,16H,8-11H2,1-2H3,(H2,22,27)(H,23,25)(H,24,26)/t12-,16-/m1/s1. The van der Waals surface area contributed by atoms with Gasteiger partial charge in [-0.15, -0.1) is 11.3 Å². The van der Waals surface area contributed by atoms with Gasteiger partial charge >= 0.3 is 0 Å². The fourth-order valence-electron chi connectivity index (χ4n) is 3.65. The molecule has 0 unspecified atom stereocenters. The maximum atomic E-state index is 12.7. The van der Waals surface area contributed by atoms with Crippen LogP contribution in [0.15, 0.2) is 30.3 Å². The summed E-state index contributed by atoms with van der Waals surface area (Å²) in [5.41, 5.74) is 7.88. The van der Waals surface area contributed by atoms with Crippen LogP contribution in [0.2, 0.25) is 0 Å². The number of carbonyl (C=O) groups excluding carboxylic acids is 3. The highest BCUT2D eigenvalue weighted by Gasteiger charge is 2.27. The summed E-state index contributed by atoms with van der Waals surface area (Å²) in [5, 5.41) is 6.20. The molecule has 2 aromatic rings. The molecule has 6 nitrogen and oxygen atoms in total. The Morgan fingerprint density at radius 2 is 1.96 bits per heavy atom. The molecule has 0 spiro atoms. The lowest BCUT2D eigenvalue weighted by Gasteiger charge is -2.18. The van der Waals surface area contributed by atoms with Crippen LogP contribution in [0.1, 0.15) is 59.1 Å². The van der Waals surface area contributed by atoms with E-state index in [1.165, 1.54) is 18.3 Å². The summed E-state index contributed by atoms with van der Waals surface area (Å²) in [6, 6.07) is 8.90. The van der Waals surface area contributed by atoms with Crippen molar-refractivity contribution in [1.82, 2.24) is 5.32 Å². The normalized spacial score (nSPS) is 16.7. The van der Waals surface area contributed by atoms with Gasteiger partial charge in [0.1, 0.15) is 5.00 Å². The molecular weight excluding hydrogens is 374 g/mol. The highest BCUT2D eigenvalue weighted by atomic mass is 32.1. The first-order valence-corrected chi connectivity index (χ1v) is 10.2. The summed E-state index contributed by atoms with van der Waals surface area (Å²) in [5.74, 6) is -0.432. The van der Waals surface area contributed by atoms with Gasteiger partial charge in [-0.05, 0) is 36.3 Å². The molecule has 1 aromatic carbocycles. The molecule has 3 amide bonds. The van der Waals surface area contributed by atoms with Crippen molar-refractivity contribution in [2.75, 3.05) is 5.32 Å². The van der Waals surface area contributed by atoms with E-state index in [4.69, 9.17) is 5.73 Å². The van der Waals surface area contributed by atoms with Gasteiger partial charge in [-0.2, -0.15) is 0 Å². The number of anilines is 1. The molecule has 0 aliphatic heterocycles. The van der Waals surface area contributed by atoms with Crippen molar-refractivity contribution in [3.05, 3.63) is 51.9 Å². The second kappa shape index (κ2) is 8.56. The van der Waals surface area contributed by atoms with E-state index >= 15 is 0 Å². The average Bonchev–Trinajstić information content (AvgIpc) is 2.98. The molecule has 0 saturated heterocycles. The number of hydrogen-bond donors (Lipinski definition) is 3. The Morgan fingerprint density at radius 1 is 1.25 bits per heavy atom. The predicted octanol–water partition coefficient (Wildman–Crippen LogP) is 3.18. The Hall–Kier alpha value is -2.67. The average molecular weight is 400 g/mol. The van der Waals surface area contributed by atoms with Gasteiger partial charge in [-0.25, -0.2) is 0 Å². The third-order valence-electron chi connectivity index (χ3n) is 4.98. The fraction of sp³-hybridized carbons (Fsp3) is 0.381. The zero-order valence-corrected chi connectivity index (χ0v) is 16.9. The van der Waals surface area contributed by atoms with Crippen LogP contribution in [-0.4, -0.2) is 17.7 Å². The highest BCUT2D eigenvalue weighted by molar-refractivity contribution is 7.17. The van der Waals surface area contributed by atoms with Crippen LogP contribution >= 0.6 is 11.3 Å². The van der Waals surface area contributed by atoms with Gasteiger partial charge in [0, 0.05) is 11.8 Å². The number of rotatable bonds is 6. The first kappa shape index (κ1) is 20.1. The van der Waals surface area contributed by atoms with Crippen molar-refractivity contribution in [3.8, 4) is 0 Å². The lowest BCUT2D eigenvalue weighted by Crippen LogP contribution is -2.30. The quantitative estimate of drug-likeness (QED) is 0.695. The van der Waals surface area contributed by atoms with Crippen LogP contribution in [0, 0.1) is 5.92 Å². The topological polar surface area (TPSA) is 101 Å². The summed E-state index contributed by atoms with van der Waals surface area (Å²) in [7, 11) is 0. The number of thiophene rings is 1. The molecule has 1 heterocycles. The van der Waals surface area contributed by atoms with Crippen LogP contribution in [0.5, 0.6) is 0 Å². The number of primary amides is 1. The van der Waals surface area contributed by atoms with Gasteiger partial charge in [0.2, 0.25) is 11.8 Å². The lowest BCUT2D eigenvalue weighted by molar-refractivity contribution is -0.120. The Morgan fingerprint density at radius 3 is 2.61 bits per heavy atom. The predicted molar refractivity (Wildman–Crippen MR) is 110 cm³/mol. The molecule has 1 aromatic heterocycles. The van der Waals surface area contributed by atoms with Gasteiger partial charge < -0.3 is 16.4 Å². The third-order valence-corrected chi connectivity index (χ3v) is 6.15. The maximum absolute atomic E-state index is 12.7. The van der Waals surface area contributed by atoms with Crippen LogP contribution in [0.25, 0.3) is 0 Å². The zero-order chi connectivity index (χ0) is 20.3. The van der Waals surface area contributed by atoms with Crippen molar-refractivity contribution >= 4 is 34.1 Å². The molecule has 4 N–H and O–H groups in total. The van der Waals surface area contributed by atoms with E-state index in [2.05, 4.69) is 17.6 Å². The molecule has 0 fully saturated rings. The number of carbonyl (C=O) groups is 3. The van der Waals surface area contributed by atoms with Crippen molar-refractivity contribution in [2.24, 2.45) is 11.7 Å². The van der Waals surface area contributed by atoms with Crippen LogP contribution in [0.4, 0.5) is 5.00 Å². The third kappa shape index (κ3) is 4.59. The van der Waals surface area contributed by atoms with Crippen molar-refractivity contribution in [1.29, 1.82) is 0 Å². The van der Waals surface area contributed by atoms with Gasteiger partial charge in [-0.1, -0.05) is 37.3 Å². The van der Waals surface area contributed by atoms with Crippen LogP contribution in [-0.2, 0) is 22.4 Å². The van der Waals surface area contributed by atoms with Crippen molar-refractivity contribution in [2.45, 2.75) is 45.6 Å². The second-order valence-electron chi connectivity index (χ2n) is 7.34. The minimum absolute atomic E-state index is 0.0702. The summed E-state index contributed by atoms with van der Waals surface area (Å²) in [6.45, 7) is 3.61. The maximum Gasteiger partial charge on any atom is 0.251 e. The molecule has 28 heavy (non-hydrogen) atoms. The number of nitrogens with two attached hydrogens (primary N) is 1. The highest BCUT2D eigenvalue weighted by Crippen LogP contribution is 2.39. The minimum Gasteiger partial charge on any atom is -0.365 e. The zero-order valence-electron chi connectivity index (χ0n) is 16.1. The molecule has 1 aliphatic rings. The fourth-order valence-corrected chi connectivity index (χ4v) is 5.08. The smallest absolute Gasteiger partial charge is 0.251 e. The molecule has 3 rings (SSSR count). The number of hydrogen-bond acceptors (Lipinski definition) is 4. The largest absolute Gasteiger partial charge is 0.365 e. The summed E-state index contributed by atoms with van der Waals surface area (Å²) in [6.07, 6.45) is 2.78. The molecular formula is C21H25N3O3S. The minimum atomic E-state index is -0.510. The number of amides is 3. The Labute approximate surface area is 168 Å². The van der Waals surface area contributed by atoms with E-state index in [0.717, 1.165) is 35.3 Å². The number of nitrogens with one attached hydrogen (secondary N) is 2. The van der Waals surface area contributed by atoms with Gasteiger partial charge in [-0.3, -0.25) is 14.4 Å². The SMILES string of the molecule is CC(=O)N[C@H](CC(=O)Nc1sc2c(c1C(N)=O)CC[C@@H](C)C2)c1ccccc1. The first-order valence-electron chi connectivity index (χ1n) is 9.41.